The van der Waals surface area contributed by atoms with E-state index in [2.05, 4.69) is 30.1 Å². The normalized spacial score (nSPS) is 28.3. The van der Waals surface area contributed by atoms with Gasteiger partial charge in [0.2, 0.25) is 0 Å². The van der Waals surface area contributed by atoms with Crippen LogP contribution in [0.3, 0.4) is 0 Å². The van der Waals surface area contributed by atoms with Crippen molar-refractivity contribution in [2.45, 2.75) is 31.6 Å². The van der Waals surface area contributed by atoms with E-state index in [0.29, 0.717) is 11.8 Å². The largest absolute Gasteiger partial charge is 0.330 e. The molecule has 0 radical (unpaired) electrons. The van der Waals surface area contributed by atoms with E-state index in [1.165, 1.54) is 32.2 Å². The lowest BCUT2D eigenvalue weighted by atomic mass is 9.80. The molecular weight excluding hydrogens is 220 g/mol. The maximum Gasteiger partial charge on any atom is 0.00245 e. The summed E-state index contributed by atoms with van der Waals surface area (Å²) in [6.45, 7) is 3.17. The van der Waals surface area contributed by atoms with E-state index in [9.17, 15) is 0 Å². The van der Waals surface area contributed by atoms with Crippen molar-refractivity contribution >= 4 is 0 Å². The number of likely N-dealkylation sites (tertiary alicyclic amines) is 1. The topological polar surface area (TPSA) is 29.3 Å². The molecule has 2 aliphatic rings. The van der Waals surface area contributed by atoms with Crippen molar-refractivity contribution in [1.29, 1.82) is 0 Å². The molecule has 18 heavy (non-hydrogen) atoms. The molecule has 2 atom stereocenters. The van der Waals surface area contributed by atoms with E-state index in [4.69, 9.17) is 5.73 Å². The van der Waals surface area contributed by atoms with Crippen molar-refractivity contribution in [1.82, 2.24) is 4.90 Å². The number of aryl methyl sites for hydroxylation is 2. The molecule has 2 unspecified atom stereocenters. The summed E-state index contributed by atoms with van der Waals surface area (Å²) in [6.07, 6.45) is 5.16. The van der Waals surface area contributed by atoms with Gasteiger partial charge in [-0.25, -0.2) is 0 Å². The zero-order valence-corrected chi connectivity index (χ0v) is 11.4. The Hall–Kier alpha value is -0.860. The first-order valence-electron chi connectivity index (χ1n) is 7.28. The lowest BCUT2D eigenvalue weighted by Gasteiger charge is -2.36. The number of rotatable bonds is 2. The first-order valence-corrected chi connectivity index (χ1v) is 7.28. The van der Waals surface area contributed by atoms with Crippen molar-refractivity contribution in [3.05, 3.63) is 34.9 Å². The van der Waals surface area contributed by atoms with E-state index in [0.717, 1.165) is 13.1 Å². The number of nitrogens with zero attached hydrogens (tertiary/aromatic N) is 1. The van der Waals surface area contributed by atoms with E-state index < -0.39 is 0 Å². The third-order valence-corrected chi connectivity index (χ3v) is 4.79. The van der Waals surface area contributed by atoms with Crippen LogP contribution in [-0.2, 0) is 12.8 Å². The fraction of sp³-hybridized carbons (Fsp3) is 0.625. The van der Waals surface area contributed by atoms with Crippen LogP contribution in [0.5, 0.6) is 0 Å². The molecular formula is C16H24N2. The zero-order chi connectivity index (χ0) is 12.5. The molecule has 1 aliphatic heterocycles. The molecule has 0 aromatic heterocycles. The van der Waals surface area contributed by atoms with E-state index in [1.807, 2.05) is 0 Å². The molecule has 98 valence electrons. The molecule has 2 nitrogen and oxygen atoms in total. The average molecular weight is 244 g/mol. The van der Waals surface area contributed by atoms with Gasteiger partial charge in [0.15, 0.2) is 0 Å². The van der Waals surface area contributed by atoms with Crippen molar-refractivity contribution in [2.24, 2.45) is 11.7 Å². The number of nitrogens with two attached hydrogens (primary N) is 1. The first-order chi connectivity index (χ1) is 8.78. The maximum absolute atomic E-state index is 5.98. The third kappa shape index (κ3) is 2.19. The highest BCUT2D eigenvalue weighted by Crippen LogP contribution is 2.34. The predicted molar refractivity (Wildman–Crippen MR) is 75.9 cm³/mol. The molecule has 0 spiro atoms. The summed E-state index contributed by atoms with van der Waals surface area (Å²) < 4.78 is 0. The molecule has 0 bridgehead atoms. The second-order valence-electron chi connectivity index (χ2n) is 6.03. The summed E-state index contributed by atoms with van der Waals surface area (Å²) >= 11 is 0. The fourth-order valence-electron chi connectivity index (χ4n) is 3.71. The van der Waals surface area contributed by atoms with Crippen molar-refractivity contribution in [3.63, 3.8) is 0 Å². The average Bonchev–Trinajstić information content (AvgIpc) is 2.85. The third-order valence-electron chi connectivity index (χ3n) is 4.79. The number of fused-ring (bicyclic) bond motifs is 1. The molecule has 2 N–H and O–H groups in total. The smallest absolute Gasteiger partial charge is 0.00245 e. The highest BCUT2D eigenvalue weighted by molar-refractivity contribution is 5.37. The van der Waals surface area contributed by atoms with Gasteiger partial charge in [0.05, 0.1) is 0 Å². The summed E-state index contributed by atoms with van der Waals surface area (Å²) in [4.78, 5) is 2.42. The van der Waals surface area contributed by atoms with Gasteiger partial charge < -0.3 is 10.6 Å². The van der Waals surface area contributed by atoms with Crippen LogP contribution in [0.15, 0.2) is 18.2 Å². The molecule has 1 saturated heterocycles. The maximum atomic E-state index is 5.98. The summed E-state index contributed by atoms with van der Waals surface area (Å²) in [7, 11) is 2.21. The summed E-state index contributed by atoms with van der Waals surface area (Å²) in [5.41, 5.74) is 10.7. The van der Waals surface area contributed by atoms with Crippen LogP contribution in [0.2, 0.25) is 0 Å². The van der Waals surface area contributed by atoms with Crippen LogP contribution in [0.25, 0.3) is 0 Å². The predicted octanol–water partition coefficient (Wildman–Crippen LogP) is 2.17. The highest BCUT2D eigenvalue weighted by Gasteiger charge is 2.28. The molecule has 3 rings (SSSR count). The Labute approximate surface area is 110 Å². The molecule has 1 fully saturated rings. The minimum atomic E-state index is 0.628. The Kier molecular flexibility index (Phi) is 3.40. The van der Waals surface area contributed by atoms with Crippen LogP contribution in [-0.4, -0.2) is 31.6 Å². The van der Waals surface area contributed by atoms with Crippen LogP contribution < -0.4 is 5.73 Å². The van der Waals surface area contributed by atoms with Gasteiger partial charge in [-0.05, 0) is 74.3 Å². The second-order valence-corrected chi connectivity index (χ2v) is 6.03. The van der Waals surface area contributed by atoms with Crippen molar-refractivity contribution in [2.75, 3.05) is 26.7 Å². The summed E-state index contributed by atoms with van der Waals surface area (Å²) in [5.74, 6) is 1.31. The van der Waals surface area contributed by atoms with Gasteiger partial charge in [-0.3, -0.25) is 0 Å². The summed E-state index contributed by atoms with van der Waals surface area (Å²) in [5, 5.41) is 0. The Balaban J connectivity index is 1.85. The van der Waals surface area contributed by atoms with Crippen LogP contribution >= 0.6 is 0 Å². The number of benzene rings is 1. The van der Waals surface area contributed by atoms with E-state index in [-0.39, 0.29) is 0 Å². The van der Waals surface area contributed by atoms with Crippen LogP contribution in [0.1, 0.15) is 35.4 Å². The lowest BCUT2D eigenvalue weighted by Crippen LogP contribution is -2.40. The zero-order valence-electron chi connectivity index (χ0n) is 11.4. The molecule has 1 aromatic rings. The first kappa shape index (κ1) is 12.2. The molecule has 0 saturated carbocycles. The second kappa shape index (κ2) is 5.02. The number of hydrogen-bond donors (Lipinski definition) is 1. The van der Waals surface area contributed by atoms with Crippen molar-refractivity contribution in [3.8, 4) is 0 Å². The SMILES string of the molecule is CN1CCC(c2ccc3c(c2)CCC3)C(CN)C1. The Morgan fingerprint density at radius 1 is 1.28 bits per heavy atom. The van der Waals surface area contributed by atoms with Gasteiger partial charge in [0, 0.05) is 6.54 Å². The number of hydrogen-bond acceptors (Lipinski definition) is 2. The van der Waals surface area contributed by atoms with Crippen LogP contribution in [0.4, 0.5) is 0 Å². The Morgan fingerprint density at radius 2 is 2.11 bits per heavy atom. The van der Waals surface area contributed by atoms with Gasteiger partial charge >= 0.3 is 0 Å². The van der Waals surface area contributed by atoms with E-state index >= 15 is 0 Å². The summed E-state index contributed by atoms with van der Waals surface area (Å²) in [6, 6.07) is 7.20. The highest BCUT2D eigenvalue weighted by atomic mass is 15.1. The van der Waals surface area contributed by atoms with Gasteiger partial charge in [0.25, 0.3) is 0 Å². The van der Waals surface area contributed by atoms with Gasteiger partial charge in [-0.2, -0.15) is 0 Å². The van der Waals surface area contributed by atoms with Crippen LogP contribution in [0, 0.1) is 5.92 Å². The standard InChI is InChI=1S/C16H24N2/c1-18-8-7-16(15(10-17)11-18)14-6-5-12-3-2-4-13(12)9-14/h5-6,9,15-16H,2-4,7-8,10-11,17H2,1H3. The minimum Gasteiger partial charge on any atom is -0.330 e. The molecule has 0 amide bonds. The quantitative estimate of drug-likeness (QED) is 0.864. The number of piperidine rings is 1. The monoisotopic (exact) mass is 244 g/mol. The Bertz CT molecular complexity index is 427. The Morgan fingerprint density at radius 3 is 2.94 bits per heavy atom. The molecule has 1 aromatic carbocycles. The lowest BCUT2D eigenvalue weighted by molar-refractivity contribution is 0.188. The van der Waals surface area contributed by atoms with Gasteiger partial charge in [-0.15, -0.1) is 0 Å². The van der Waals surface area contributed by atoms with E-state index in [1.54, 1.807) is 16.7 Å². The molecule has 1 heterocycles. The molecule has 1 aliphatic carbocycles. The fourth-order valence-corrected chi connectivity index (χ4v) is 3.71. The van der Waals surface area contributed by atoms with Crippen molar-refractivity contribution < 1.29 is 0 Å². The molecule has 2 heteroatoms. The van der Waals surface area contributed by atoms with Gasteiger partial charge in [-0.1, -0.05) is 18.2 Å². The minimum absolute atomic E-state index is 0.628. The van der Waals surface area contributed by atoms with Gasteiger partial charge in [0.1, 0.15) is 0 Å².